The van der Waals surface area contributed by atoms with Gasteiger partial charge in [0.1, 0.15) is 5.60 Å². The maximum atomic E-state index is 11.8. The first kappa shape index (κ1) is 20.2. The van der Waals surface area contributed by atoms with Crippen LogP contribution in [0.1, 0.15) is 67.2 Å². The highest BCUT2D eigenvalue weighted by Crippen LogP contribution is 2.24. The molecule has 136 valence electrons. The average Bonchev–Trinajstić information content (AvgIpc) is 2.39. The third-order valence-electron chi connectivity index (χ3n) is 4.00. The lowest BCUT2D eigenvalue weighted by atomic mass is 9.84. The van der Waals surface area contributed by atoms with E-state index in [-0.39, 0.29) is 11.6 Å². The highest BCUT2D eigenvalue weighted by atomic mass is 16.6. The number of carbonyl (C=O) groups excluding carboxylic acids is 1. The van der Waals surface area contributed by atoms with Crippen molar-refractivity contribution in [2.45, 2.75) is 84.4 Å². The topological polar surface area (TPSA) is 62.4 Å². The molecule has 1 saturated carbocycles. The lowest BCUT2D eigenvalue weighted by Gasteiger charge is -2.33. The zero-order valence-electron chi connectivity index (χ0n) is 15.9. The van der Waals surface area contributed by atoms with Crippen LogP contribution in [0.3, 0.4) is 0 Å². The summed E-state index contributed by atoms with van der Waals surface area (Å²) >= 11 is 0. The van der Waals surface area contributed by atoms with Crippen LogP contribution in [0.4, 0.5) is 4.79 Å². The number of amides is 1. The molecule has 0 aromatic rings. The Kier molecular flexibility index (Phi) is 7.81. The zero-order chi connectivity index (χ0) is 17.5. The molecule has 0 radical (unpaired) electrons. The van der Waals surface area contributed by atoms with Gasteiger partial charge in [0.2, 0.25) is 0 Å². The molecular formula is C18H37N3O2. The van der Waals surface area contributed by atoms with Gasteiger partial charge in [0.05, 0.1) is 0 Å². The number of carbonyl (C=O) groups is 1. The normalized spacial score (nSPS) is 22.7. The van der Waals surface area contributed by atoms with Crippen molar-refractivity contribution in [1.82, 2.24) is 16.0 Å². The highest BCUT2D eigenvalue weighted by molar-refractivity contribution is 5.67. The monoisotopic (exact) mass is 327 g/mol. The van der Waals surface area contributed by atoms with E-state index >= 15 is 0 Å². The molecule has 0 bridgehead atoms. The number of rotatable bonds is 6. The summed E-state index contributed by atoms with van der Waals surface area (Å²) < 4.78 is 5.32. The van der Waals surface area contributed by atoms with Crippen molar-refractivity contribution in [3.8, 4) is 0 Å². The molecule has 23 heavy (non-hydrogen) atoms. The fourth-order valence-corrected chi connectivity index (χ4v) is 2.94. The molecule has 0 saturated heterocycles. The van der Waals surface area contributed by atoms with Crippen molar-refractivity contribution in [1.29, 1.82) is 0 Å². The minimum Gasteiger partial charge on any atom is -0.444 e. The van der Waals surface area contributed by atoms with E-state index < -0.39 is 5.60 Å². The summed E-state index contributed by atoms with van der Waals surface area (Å²) in [5.74, 6) is 0.492. The first-order valence-corrected chi connectivity index (χ1v) is 9.02. The second-order valence-electron chi connectivity index (χ2n) is 8.66. The Hall–Kier alpha value is -0.810. The fraction of sp³-hybridized carbons (Fsp3) is 0.944. The molecule has 0 spiro atoms. The molecule has 5 heteroatoms. The van der Waals surface area contributed by atoms with Crippen molar-refractivity contribution in [3.05, 3.63) is 0 Å². The van der Waals surface area contributed by atoms with Crippen LogP contribution in [0, 0.1) is 5.92 Å². The van der Waals surface area contributed by atoms with Crippen molar-refractivity contribution in [2.24, 2.45) is 5.92 Å². The van der Waals surface area contributed by atoms with Crippen LogP contribution in [0.15, 0.2) is 0 Å². The summed E-state index contributed by atoms with van der Waals surface area (Å²) in [4.78, 5) is 11.8. The SMILES string of the molecule is CC(C)(C)NCCNC1CCCCC1CNC(=O)OC(C)(C)C. The number of alkyl carbamates (subject to hydrolysis) is 1. The highest BCUT2D eigenvalue weighted by Gasteiger charge is 2.26. The Morgan fingerprint density at radius 3 is 2.30 bits per heavy atom. The van der Waals surface area contributed by atoms with Crippen LogP contribution in [0.5, 0.6) is 0 Å². The van der Waals surface area contributed by atoms with Crippen molar-refractivity contribution in [3.63, 3.8) is 0 Å². The Morgan fingerprint density at radius 2 is 1.70 bits per heavy atom. The third-order valence-corrected chi connectivity index (χ3v) is 4.00. The van der Waals surface area contributed by atoms with Gasteiger partial charge < -0.3 is 20.7 Å². The summed E-state index contributed by atoms with van der Waals surface area (Å²) in [5, 5.41) is 10.1. The van der Waals surface area contributed by atoms with Gasteiger partial charge in [-0.2, -0.15) is 0 Å². The van der Waals surface area contributed by atoms with Gasteiger partial charge in [-0.25, -0.2) is 4.79 Å². The number of hydrogen-bond donors (Lipinski definition) is 3. The molecule has 0 aromatic carbocycles. The minimum absolute atomic E-state index is 0.159. The van der Waals surface area contributed by atoms with Crippen molar-refractivity contribution < 1.29 is 9.53 Å². The van der Waals surface area contributed by atoms with E-state index in [1.54, 1.807) is 0 Å². The van der Waals surface area contributed by atoms with Crippen LogP contribution in [0.25, 0.3) is 0 Å². The maximum absolute atomic E-state index is 11.8. The molecule has 5 nitrogen and oxygen atoms in total. The van der Waals surface area contributed by atoms with Gasteiger partial charge in [-0.15, -0.1) is 0 Å². The minimum atomic E-state index is -0.438. The third kappa shape index (κ3) is 9.82. The lowest BCUT2D eigenvalue weighted by molar-refractivity contribution is 0.0510. The van der Waals surface area contributed by atoms with Crippen molar-refractivity contribution in [2.75, 3.05) is 19.6 Å². The van der Waals surface area contributed by atoms with E-state index in [1.807, 2.05) is 20.8 Å². The van der Waals surface area contributed by atoms with E-state index in [4.69, 9.17) is 4.74 Å². The Morgan fingerprint density at radius 1 is 1.04 bits per heavy atom. The predicted molar refractivity (Wildman–Crippen MR) is 95.7 cm³/mol. The van der Waals surface area contributed by atoms with Gasteiger partial charge in [-0.3, -0.25) is 0 Å². The van der Waals surface area contributed by atoms with E-state index in [0.29, 0.717) is 18.5 Å². The maximum Gasteiger partial charge on any atom is 0.407 e. The van der Waals surface area contributed by atoms with Crippen LogP contribution in [0.2, 0.25) is 0 Å². The van der Waals surface area contributed by atoms with Gasteiger partial charge >= 0.3 is 6.09 Å². The second-order valence-corrected chi connectivity index (χ2v) is 8.66. The second kappa shape index (κ2) is 8.88. The molecule has 2 atom stereocenters. The zero-order valence-corrected chi connectivity index (χ0v) is 15.9. The molecule has 1 aliphatic carbocycles. The molecule has 1 rings (SSSR count). The molecule has 3 N–H and O–H groups in total. The molecule has 1 aliphatic rings. The number of hydrogen-bond acceptors (Lipinski definition) is 4. The Balaban J connectivity index is 2.32. The van der Waals surface area contributed by atoms with Crippen LogP contribution in [-0.2, 0) is 4.74 Å². The molecule has 0 aromatic heterocycles. The number of nitrogens with one attached hydrogen (secondary N) is 3. The smallest absolute Gasteiger partial charge is 0.407 e. The van der Waals surface area contributed by atoms with Gasteiger partial charge in [-0.05, 0) is 60.3 Å². The van der Waals surface area contributed by atoms with Gasteiger partial charge in [0, 0.05) is 31.2 Å². The summed E-state index contributed by atoms with van der Waals surface area (Å²) in [6.07, 6.45) is 4.57. The molecule has 1 amide bonds. The Labute approximate surface area is 142 Å². The van der Waals surface area contributed by atoms with E-state index in [1.165, 1.54) is 25.7 Å². The summed E-state index contributed by atoms with van der Waals surface area (Å²) in [5.41, 5.74) is -0.279. The van der Waals surface area contributed by atoms with Gasteiger partial charge in [-0.1, -0.05) is 12.8 Å². The first-order valence-electron chi connectivity index (χ1n) is 9.02. The largest absolute Gasteiger partial charge is 0.444 e. The first-order chi connectivity index (χ1) is 10.6. The summed E-state index contributed by atoms with van der Waals surface area (Å²) in [6, 6.07) is 0.487. The molecule has 2 unspecified atom stereocenters. The van der Waals surface area contributed by atoms with E-state index in [0.717, 1.165) is 13.1 Å². The summed E-state index contributed by atoms with van der Waals surface area (Å²) in [7, 11) is 0. The van der Waals surface area contributed by atoms with Crippen LogP contribution < -0.4 is 16.0 Å². The summed E-state index contributed by atoms with van der Waals surface area (Å²) in [6.45, 7) is 14.8. The fourth-order valence-electron chi connectivity index (χ4n) is 2.94. The quantitative estimate of drug-likeness (QED) is 0.656. The number of ether oxygens (including phenoxy) is 1. The van der Waals surface area contributed by atoms with Crippen LogP contribution >= 0.6 is 0 Å². The van der Waals surface area contributed by atoms with Gasteiger partial charge in [0.25, 0.3) is 0 Å². The molecule has 0 heterocycles. The predicted octanol–water partition coefficient (Wildman–Crippen LogP) is 3.05. The average molecular weight is 328 g/mol. The molecule has 0 aliphatic heterocycles. The molecular weight excluding hydrogens is 290 g/mol. The van der Waals surface area contributed by atoms with Crippen LogP contribution in [-0.4, -0.2) is 42.9 Å². The lowest BCUT2D eigenvalue weighted by Crippen LogP contribution is -2.48. The van der Waals surface area contributed by atoms with E-state index in [9.17, 15) is 4.79 Å². The Bertz CT molecular complexity index is 358. The molecule has 1 fully saturated rings. The standard InChI is InChI=1S/C18H37N3O2/c1-17(2,3)21-12-11-19-15-10-8-7-9-14(15)13-20-16(22)23-18(4,5)6/h14-15,19,21H,7-13H2,1-6H3,(H,20,22). The van der Waals surface area contributed by atoms with E-state index in [2.05, 4.69) is 36.7 Å². The van der Waals surface area contributed by atoms with Crippen molar-refractivity contribution >= 4 is 6.09 Å². The van der Waals surface area contributed by atoms with Gasteiger partial charge in [0.15, 0.2) is 0 Å².